The number of hydrogen-bond donors (Lipinski definition) is 1. The van der Waals surface area contributed by atoms with Crippen molar-refractivity contribution in [2.75, 3.05) is 5.75 Å². The highest BCUT2D eigenvalue weighted by Gasteiger charge is 1.95. The van der Waals surface area contributed by atoms with E-state index in [1.54, 1.807) is 12.3 Å². The lowest BCUT2D eigenvalue weighted by atomic mass is 10.3. The van der Waals surface area contributed by atoms with Gasteiger partial charge >= 0.3 is 0 Å². The number of thiol groups is 1. The molecule has 1 heterocycles. The van der Waals surface area contributed by atoms with E-state index < -0.39 is 0 Å². The van der Waals surface area contributed by atoms with Gasteiger partial charge < -0.3 is 4.57 Å². The number of rotatable bonds is 3. The van der Waals surface area contributed by atoms with Crippen LogP contribution in [0.1, 0.15) is 5.56 Å². The van der Waals surface area contributed by atoms with Crippen molar-refractivity contribution in [1.29, 1.82) is 0 Å². The number of nitrogens with zero attached hydrogens (tertiary/aromatic N) is 1. The Bertz CT molecular complexity index is 367. The van der Waals surface area contributed by atoms with Crippen molar-refractivity contribution in [2.24, 2.45) is 0 Å². The zero-order valence-electron chi connectivity index (χ0n) is 7.66. The Hall–Kier alpha value is -0.960. The lowest BCUT2D eigenvalue weighted by Gasteiger charge is -2.07. The van der Waals surface area contributed by atoms with E-state index in [0.717, 1.165) is 17.7 Å². The summed E-state index contributed by atoms with van der Waals surface area (Å²) < 4.78 is 1.94. The molecule has 0 unspecified atom stereocenters. The number of aromatic nitrogens is 1. The molecule has 0 aliphatic carbocycles. The summed E-state index contributed by atoms with van der Waals surface area (Å²) >= 11 is 4.12. The molecular formula is C10H13NOS. The molecule has 0 spiro atoms. The minimum Gasteiger partial charge on any atom is -0.350 e. The minimum atomic E-state index is 0.0766. The molecule has 1 aromatic heterocycles. The maximum absolute atomic E-state index is 11.1. The molecule has 1 aromatic rings. The quantitative estimate of drug-likeness (QED) is 0.575. The highest BCUT2D eigenvalue weighted by Crippen LogP contribution is 1.99. The first-order valence-electron chi connectivity index (χ1n) is 4.07. The molecule has 13 heavy (non-hydrogen) atoms. The van der Waals surface area contributed by atoms with Crippen LogP contribution in [0.25, 0.3) is 0 Å². The van der Waals surface area contributed by atoms with Crippen LogP contribution in [0.15, 0.2) is 35.4 Å². The molecule has 0 atom stereocenters. The third-order valence-electron chi connectivity index (χ3n) is 1.80. The number of aryl methyl sites for hydroxylation is 1. The van der Waals surface area contributed by atoms with Crippen molar-refractivity contribution in [3.05, 3.63) is 46.4 Å². The van der Waals surface area contributed by atoms with Gasteiger partial charge in [0.05, 0.1) is 0 Å². The Labute approximate surface area is 83.3 Å². The van der Waals surface area contributed by atoms with Gasteiger partial charge in [-0.05, 0) is 12.5 Å². The molecule has 0 fully saturated rings. The zero-order chi connectivity index (χ0) is 9.84. The molecule has 3 heteroatoms. The fourth-order valence-corrected chi connectivity index (χ4v) is 1.16. The fraction of sp³-hybridized carbons (Fsp3) is 0.300. The monoisotopic (exact) mass is 195 g/mol. The Balaban J connectivity index is 2.86. The molecule has 0 saturated heterocycles. The molecule has 0 aliphatic heterocycles. The van der Waals surface area contributed by atoms with E-state index in [9.17, 15) is 4.79 Å². The molecule has 0 N–H and O–H groups in total. The lowest BCUT2D eigenvalue weighted by Crippen LogP contribution is -2.09. The Morgan fingerprint density at radius 1 is 1.69 bits per heavy atom. The van der Waals surface area contributed by atoms with Gasteiger partial charge in [-0.15, -0.1) is 0 Å². The molecule has 1 rings (SSSR count). The summed E-state index contributed by atoms with van der Waals surface area (Å²) in [4.78, 5) is 11.1. The summed E-state index contributed by atoms with van der Waals surface area (Å²) in [5.41, 5.74) is 1.87. The average molecular weight is 195 g/mol. The van der Waals surface area contributed by atoms with Gasteiger partial charge in [-0.1, -0.05) is 6.58 Å². The Morgan fingerprint density at radius 2 is 2.38 bits per heavy atom. The lowest BCUT2D eigenvalue weighted by molar-refractivity contribution is 0.774. The van der Waals surface area contributed by atoms with Crippen LogP contribution in [0.4, 0.5) is 0 Å². The predicted molar refractivity (Wildman–Crippen MR) is 58.4 cm³/mol. The van der Waals surface area contributed by atoms with Crippen LogP contribution >= 0.6 is 12.6 Å². The Morgan fingerprint density at radius 3 is 2.92 bits per heavy atom. The first kappa shape index (κ1) is 10.1. The summed E-state index contributed by atoms with van der Waals surface area (Å²) in [6.45, 7) is 6.38. The van der Waals surface area contributed by atoms with E-state index >= 15 is 0 Å². The molecule has 70 valence electrons. The van der Waals surface area contributed by atoms with Gasteiger partial charge in [-0.25, -0.2) is 0 Å². The fourth-order valence-electron chi connectivity index (χ4n) is 1.06. The van der Waals surface area contributed by atoms with Gasteiger partial charge in [0.25, 0.3) is 0 Å². The van der Waals surface area contributed by atoms with Crippen molar-refractivity contribution < 1.29 is 0 Å². The third-order valence-corrected chi connectivity index (χ3v) is 2.24. The van der Waals surface area contributed by atoms with Crippen LogP contribution in [0.2, 0.25) is 0 Å². The second-order valence-corrected chi connectivity index (χ2v) is 3.39. The van der Waals surface area contributed by atoms with Gasteiger partial charge in [-0.2, -0.15) is 12.6 Å². The van der Waals surface area contributed by atoms with Crippen LogP contribution in [-0.2, 0) is 6.54 Å². The van der Waals surface area contributed by atoms with Crippen LogP contribution in [-0.4, -0.2) is 10.3 Å². The van der Waals surface area contributed by atoms with Gasteiger partial charge in [0.2, 0.25) is 0 Å². The average Bonchev–Trinajstić information content (AvgIpc) is 2.11. The number of hydrogen-bond acceptors (Lipinski definition) is 2. The SMILES string of the molecule is C=C(CS)Cn1ccc(=O)c(C)c1. The third kappa shape index (κ3) is 2.77. The first-order chi connectivity index (χ1) is 6.13. The summed E-state index contributed by atoms with van der Waals surface area (Å²) in [6, 6.07) is 1.57. The molecule has 0 aliphatic rings. The van der Waals surface area contributed by atoms with Gasteiger partial charge in [-0.3, -0.25) is 4.79 Å². The molecule has 2 nitrogen and oxygen atoms in total. The maximum atomic E-state index is 11.1. The van der Waals surface area contributed by atoms with Gasteiger partial charge in [0.1, 0.15) is 0 Å². The standard InChI is InChI=1S/C10H13NOS/c1-8(7-13)5-11-4-3-10(12)9(2)6-11/h3-4,6,13H,1,5,7H2,2H3. The normalized spacial score (nSPS) is 10.0. The molecule has 0 aromatic carbocycles. The van der Waals surface area contributed by atoms with Crippen molar-refractivity contribution in [3.63, 3.8) is 0 Å². The predicted octanol–water partition coefficient (Wildman–Crippen LogP) is 1.64. The highest BCUT2D eigenvalue weighted by molar-refractivity contribution is 7.80. The minimum absolute atomic E-state index is 0.0766. The van der Waals surface area contributed by atoms with Crippen molar-refractivity contribution >= 4 is 12.6 Å². The summed E-state index contributed by atoms with van der Waals surface area (Å²) in [5.74, 6) is 0.672. The molecule has 0 saturated carbocycles. The van der Waals surface area contributed by atoms with Gasteiger partial charge in [0.15, 0.2) is 5.43 Å². The van der Waals surface area contributed by atoms with E-state index in [-0.39, 0.29) is 5.43 Å². The van der Waals surface area contributed by atoms with Gasteiger partial charge in [0, 0.05) is 36.3 Å². The zero-order valence-corrected chi connectivity index (χ0v) is 8.55. The largest absolute Gasteiger partial charge is 0.350 e. The van der Waals surface area contributed by atoms with Crippen molar-refractivity contribution in [3.8, 4) is 0 Å². The molecular weight excluding hydrogens is 182 g/mol. The second kappa shape index (κ2) is 4.33. The van der Waals surface area contributed by atoms with Crippen LogP contribution in [0.5, 0.6) is 0 Å². The first-order valence-corrected chi connectivity index (χ1v) is 4.71. The van der Waals surface area contributed by atoms with Crippen LogP contribution < -0.4 is 5.43 Å². The van der Waals surface area contributed by atoms with Crippen molar-refractivity contribution in [2.45, 2.75) is 13.5 Å². The summed E-state index contributed by atoms with van der Waals surface area (Å²) in [5, 5.41) is 0. The summed E-state index contributed by atoms with van der Waals surface area (Å²) in [7, 11) is 0. The van der Waals surface area contributed by atoms with E-state index in [1.165, 1.54) is 0 Å². The topological polar surface area (TPSA) is 22.0 Å². The van der Waals surface area contributed by atoms with E-state index in [4.69, 9.17) is 0 Å². The Kier molecular flexibility index (Phi) is 3.37. The highest BCUT2D eigenvalue weighted by atomic mass is 32.1. The van der Waals surface area contributed by atoms with E-state index in [0.29, 0.717) is 5.75 Å². The van der Waals surface area contributed by atoms with Crippen molar-refractivity contribution in [1.82, 2.24) is 4.57 Å². The number of pyridine rings is 1. The summed E-state index contributed by atoms with van der Waals surface area (Å²) in [6.07, 6.45) is 3.60. The van der Waals surface area contributed by atoms with Crippen LogP contribution in [0, 0.1) is 6.92 Å². The van der Waals surface area contributed by atoms with E-state index in [1.807, 2.05) is 17.7 Å². The van der Waals surface area contributed by atoms with Crippen LogP contribution in [0.3, 0.4) is 0 Å². The smallest absolute Gasteiger partial charge is 0.184 e. The maximum Gasteiger partial charge on any atom is 0.184 e. The molecule has 0 amide bonds. The molecule has 0 bridgehead atoms. The second-order valence-electron chi connectivity index (χ2n) is 3.07. The molecule has 0 radical (unpaired) electrons. The van der Waals surface area contributed by atoms with E-state index in [2.05, 4.69) is 19.2 Å².